The van der Waals surface area contributed by atoms with E-state index in [1.54, 1.807) is 12.1 Å². The van der Waals surface area contributed by atoms with Gasteiger partial charge in [-0.2, -0.15) is 0 Å². The Hall–Kier alpha value is -2.92. The Bertz CT molecular complexity index is 842. The van der Waals surface area contributed by atoms with Crippen molar-refractivity contribution in [3.8, 4) is 11.6 Å². The number of aryl methyl sites for hydroxylation is 1. The van der Waals surface area contributed by atoms with Crippen molar-refractivity contribution >= 4 is 5.91 Å². The summed E-state index contributed by atoms with van der Waals surface area (Å²) in [7, 11) is 1.94. The summed E-state index contributed by atoms with van der Waals surface area (Å²) in [6.45, 7) is 13.3. The molecule has 5 nitrogen and oxygen atoms in total. The first-order chi connectivity index (χ1) is 14.3. The lowest BCUT2D eigenvalue weighted by molar-refractivity contribution is 0.1000. The monoisotopic (exact) mass is 409 g/mol. The fourth-order valence-electron chi connectivity index (χ4n) is 2.59. The summed E-state index contributed by atoms with van der Waals surface area (Å²) < 4.78 is 5.72. The number of carbonyl (C=O) groups is 1. The Morgan fingerprint density at radius 1 is 1.33 bits per heavy atom. The van der Waals surface area contributed by atoms with Crippen LogP contribution < -0.4 is 15.8 Å². The number of pyridine rings is 1. The lowest BCUT2D eigenvalue weighted by Gasteiger charge is -2.10. The molecule has 1 aromatic carbocycles. The number of amides is 1. The zero-order chi connectivity index (χ0) is 22.5. The Kier molecular flexibility index (Phi) is 11.2. The SMILES string of the molecule is C=C(/C=C\C)C(C)CC.CNCCc1ccc(Oc2ccc(C(N)=O)cn2)c(C)c1. The molecule has 3 N–H and O–H groups in total. The molecule has 2 rings (SSSR count). The number of aromatic nitrogens is 1. The van der Waals surface area contributed by atoms with E-state index in [1.807, 2.05) is 39.1 Å². The third kappa shape index (κ3) is 8.62. The van der Waals surface area contributed by atoms with E-state index in [4.69, 9.17) is 10.5 Å². The average molecular weight is 410 g/mol. The highest BCUT2D eigenvalue weighted by atomic mass is 16.5. The average Bonchev–Trinajstić information content (AvgIpc) is 2.74. The molecule has 162 valence electrons. The summed E-state index contributed by atoms with van der Waals surface area (Å²) in [5.74, 6) is 1.33. The number of nitrogens with one attached hydrogen (secondary N) is 1. The first-order valence-corrected chi connectivity index (χ1v) is 10.3. The van der Waals surface area contributed by atoms with Gasteiger partial charge in [-0.1, -0.05) is 50.3 Å². The number of benzene rings is 1. The molecule has 0 saturated heterocycles. The van der Waals surface area contributed by atoms with E-state index in [9.17, 15) is 4.79 Å². The van der Waals surface area contributed by atoms with Crippen LogP contribution in [0.4, 0.5) is 0 Å². The summed E-state index contributed by atoms with van der Waals surface area (Å²) >= 11 is 0. The van der Waals surface area contributed by atoms with Crippen molar-refractivity contribution in [3.63, 3.8) is 0 Å². The Labute approximate surface area is 181 Å². The summed E-state index contributed by atoms with van der Waals surface area (Å²) in [6, 6.07) is 9.31. The molecule has 1 heterocycles. The number of hydrogen-bond acceptors (Lipinski definition) is 4. The lowest BCUT2D eigenvalue weighted by atomic mass is 10.00. The maximum Gasteiger partial charge on any atom is 0.250 e. The number of likely N-dealkylation sites (N-methyl/N-ethyl adjacent to an activating group) is 1. The van der Waals surface area contributed by atoms with Gasteiger partial charge in [0, 0.05) is 12.3 Å². The van der Waals surface area contributed by atoms with Gasteiger partial charge in [-0.3, -0.25) is 4.79 Å². The number of nitrogens with two attached hydrogens (primary N) is 1. The lowest BCUT2D eigenvalue weighted by Crippen LogP contribution is -2.11. The van der Waals surface area contributed by atoms with Crippen LogP contribution in [0, 0.1) is 12.8 Å². The van der Waals surface area contributed by atoms with Crippen LogP contribution in [0.2, 0.25) is 0 Å². The molecule has 1 atom stereocenters. The number of carbonyl (C=O) groups excluding carboxylic acids is 1. The van der Waals surface area contributed by atoms with E-state index in [0.29, 0.717) is 17.4 Å². The number of ether oxygens (including phenoxy) is 1. The number of nitrogens with zero attached hydrogens (tertiary/aromatic N) is 1. The molecule has 0 aliphatic heterocycles. The van der Waals surface area contributed by atoms with Gasteiger partial charge in [0.05, 0.1) is 5.56 Å². The van der Waals surface area contributed by atoms with Gasteiger partial charge >= 0.3 is 0 Å². The second-order valence-electron chi connectivity index (χ2n) is 7.19. The third-order valence-electron chi connectivity index (χ3n) is 4.76. The quantitative estimate of drug-likeness (QED) is 0.558. The summed E-state index contributed by atoms with van der Waals surface area (Å²) in [5.41, 5.74) is 9.07. The van der Waals surface area contributed by atoms with E-state index in [0.717, 1.165) is 24.3 Å². The van der Waals surface area contributed by atoms with Crippen molar-refractivity contribution in [3.05, 3.63) is 77.5 Å². The predicted molar refractivity (Wildman–Crippen MR) is 125 cm³/mol. The van der Waals surface area contributed by atoms with Crippen LogP contribution in [0.25, 0.3) is 0 Å². The van der Waals surface area contributed by atoms with Gasteiger partial charge in [-0.15, -0.1) is 0 Å². The van der Waals surface area contributed by atoms with Gasteiger partial charge in [0.1, 0.15) is 5.75 Å². The van der Waals surface area contributed by atoms with E-state index in [-0.39, 0.29) is 0 Å². The molecule has 0 radical (unpaired) electrons. The molecule has 1 amide bonds. The molecule has 0 fully saturated rings. The minimum absolute atomic E-state index is 0.362. The zero-order valence-electron chi connectivity index (χ0n) is 18.9. The van der Waals surface area contributed by atoms with Crippen molar-refractivity contribution in [2.75, 3.05) is 13.6 Å². The second-order valence-corrected chi connectivity index (χ2v) is 7.19. The first kappa shape index (κ1) is 25.1. The van der Waals surface area contributed by atoms with Crippen molar-refractivity contribution in [2.45, 2.75) is 40.5 Å². The second kappa shape index (κ2) is 13.3. The number of primary amides is 1. The maximum absolute atomic E-state index is 11.0. The molecule has 1 aromatic heterocycles. The van der Waals surface area contributed by atoms with Gasteiger partial charge in [0.15, 0.2) is 0 Å². The highest BCUT2D eigenvalue weighted by Gasteiger charge is 2.06. The van der Waals surface area contributed by atoms with E-state index < -0.39 is 5.91 Å². The highest BCUT2D eigenvalue weighted by molar-refractivity contribution is 5.92. The van der Waals surface area contributed by atoms with Crippen molar-refractivity contribution in [2.24, 2.45) is 11.7 Å². The van der Waals surface area contributed by atoms with Crippen LogP contribution in [0.15, 0.2) is 60.8 Å². The minimum Gasteiger partial charge on any atom is -0.439 e. The third-order valence-corrected chi connectivity index (χ3v) is 4.76. The van der Waals surface area contributed by atoms with Crippen LogP contribution in [0.3, 0.4) is 0 Å². The smallest absolute Gasteiger partial charge is 0.250 e. The van der Waals surface area contributed by atoms with Gasteiger partial charge in [0.25, 0.3) is 0 Å². The summed E-state index contributed by atoms with van der Waals surface area (Å²) in [4.78, 5) is 15.1. The highest BCUT2D eigenvalue weighted by Crippen LogP contribution is 2.24. The van der Waals surface area contributed by atoms with Crippen LogP contribution >= 0.6 is 0 Å². The van der Waals surface area contributed by atoms with Crippen molar-refractivity contribution < 1.29 is 9.53 Å². The van der Waals surface area contributed by atoms with Crippen LogP contribution in [0.5, 0.6) is 11.6 Å². The fourth-order valence-corrected chi connectivity index (χ4v) is 2.59. The van der Waals surface area contributed by atoms with Gasteiger partial charge < -0.3 is 15.8 Å². The Morgan fingerprint density at radius 3 is 2.57 bits per heavy atom. The number of hydrogen-bond donors (Lipinski definition) is 2. The van der Waals surface area contributed by atoms with Crippen molar-refractivity contribution in [1.29, 1.82) is 0 Å². The molecule has 2 aromatic rings. The molecule has 0 saturated carbocycles. The van der Waals surface area contributed by atoms with E-state index >= 15 is 0 Å². The molecule has 0 aliphatic carbocycles. The number of rotatable bonds is 9. The Balaban J connectivity index is 0.000000424. The minimum atomic E-state index is -0.501. The molecule has 5 heteroatoms. The van der Waals surface area contributed by atoms with Crippen molar-refractivity contribution in [1.82, 2.24) is 10.3 Å². The van der Waals surface area contributed by atoms with E-state index in [1.165, 1.54) is 23.8 Å². The molecular formula is C25H35N3O2. The topological polar surface area (TPSA) is 77.2 Å². The van der Waals surface area contributed by atoms with Crippen LogP contribution in [-0.4, -0.2) is 24.5 Å². The van der Waals surface area contributed by atoms with Gasteiger partial charge in [-0.05, 0) is 69.5 Å². The standard InChI is InChI=1S/C16H19N3O2.C9H16/c1-11-9-12(7-8-18-2)3-5-14(11)21-15-6-4-13(10-19-15)16(17)20;1-5-7-9(4)8(3)6-2/h3-6,9-10,18H,7-8H2,1-2H3,(H2,17,20);5,7-8H,4,6H2,1-3H3/b;7-5-. The fraction of sp³-hybridized carbons (Fsp3) is 0.360. The maximum atomic E-state index is 11.0. The number of allylic oxidation sites excluding steroid dienone is 3. The predicted octanol–water partition coefficient (Wildman–Crippen LogP) is 5.21. The molecule has 1 unspecified atom stereocenters. The summed E-state index contributed by atoms with van der Waals surface area (Å²) in [5, 5.41) is 3.13. The molecule has 0 aliphatic rings. The van der Waals surface area contributed by atoms with Crippen LogP contribution in [-0.2, 0) is 6.42 Å². The summed E-state index contributed by atoms with van der Waals surface area (Å²) in [6.07, 6.45) is 7.68. The first-order valence-electron chi connectivity index (χ1n) is 10.3. The van der Waals surface area contributed by atoms with E-state index in [2.05, 4.69) is 42.9 Å². The van der Waals surface area contributed by atoms with Gasteiger partial charge in [-0.25, -0.2) is 4.98 Å². The molecule has 0 bridgehead atoms. The molecular weight excluding hydrogens is 374 g/mol. The Morgan fingerprint density at radius 2 is 2.07 bits per heavy atom. The largest absolute Gasteiger partial charge is 0.439 e. The molecule has 30 heavy (non-hydrogen) atoms. The van der Waals surface area contributed by atoms with Gasteiger partial charge in [0.2, 0.25) is 11.8 Å². The zero-order valence-corrected chi connectivity index (χ0v) is 18.9. The normalized spacial score (nSPS) is 11.5. The van der Waals surface area contributed by atoms with Crippen LogP contribution in [0.1, 0.15) is 48.7 Å². The molecule has 0 spiro atoms.